The summed E-state index contributed by atoms with van der Waals surface area (Å²) in [6.45, 7) is 0.250. The SMILES string of the molecule is CC(N1CNn2c(-c3cccc4c3Cc3ccc(C(F)(F)F)cc3SC4)cc(=O)c(O)c2C1=O)C(F)(F)F. The Balaban J connectivity index is 1.63. The Bertz CT molecular complexity index is 1520. The Morgan fingerprint density at radius 2 is 1.76 bits per heavy atom. The van der Waals surface area contributed by atoms with Gasteiger partial charge in [-0.2, -0.15) is 26.3 Å². The summed E-state index contributed by atoms with van der Waals surface area (Å²) >= 11 is 1.24. The highest BCUT2D eigenvalue weighted by molar-refractivity contribution is 7.98. The minimum Gasteiger partial charge on any atom is -0.502 e. The van der Waals surface area contributed by atoms with E-state index >= 15 is 0 Å². The molecule has 2 aliphatic rings. The number of amides is 1. The van der Waals surface area contributed by atoms with Gasteiger partial charge in [0.15, 0.2) is 11.4 Å². The average molecular weight is 556 g/mol. The molecule has 13 heteroatoms. The third-order valence-electron chi connectivity index (χ3n) is 6.69. The minimum atomic E-state index is -4.74. The Morgan fingerprint density at radius 3 is 2.45 bits per heavy atom. The van der Waals surface area contributed by atoms with Crippen molar-refractivity contribution in [2.24, 2.45) is 0 Å². The molecule has 0 fully saturated rings. The number of rotatable bonds is 2. The minimum absolute atomic E-state index is 0.132. The van der Waals surface area contributed by atoms with Crippen molar-refractivity contribution in [2.45, 2.75) is 42.4 Å². The van der Waals surface area contributed by atoms with Crippen molar-refractivity contribution in [2.75, 3.05) is 12.1 Å². The van der Waals surface area contributed by atoms with Gasteiger partial charge in [0, 0.05) is 22.3 Å². The summed E-state index contributed by atoms with van der Waals surface area (Å²) in [4.78, 5) is 26.7. The molecule has 0 aliphatic carbocycles. The van der Waals surface area contributed by atoms with Crippen molar-refractivity contribution in [1.82, 2.24) is 9.58 Å². The van der Waals surface area contributed by atoms with Gasteiger partial charge in [-0.3, -0.25) is 9.59 Å². The largest absolute Gasteiger partial charge is 0.502 e. The van der Waals surface area contributed by atoms with Gasteiger partial charge in [0.1, 0.15) is 12.7 Å². The number of carbonyl (C=O) groups is 1. The molecule has 3 heterocycles. The second kappa shape index (κ2) is 9.00. The lowest BCUT2D eigenvalue weighted by Crippen LogP contribution is -2.54. The predicted molar refractivity (Wildman–Crippen MR) is 128 cm³/mol. The van der Waals surface area contributed by atoms with E-state index < -0.39 is 53.4 Å². The number of nitrogens with zero attached hydrogens (tertiary/aromatic N) is 2. The number of aromatic hydroxyl groups is 1. The summed E-state index contributed by atoms with van der Waals surface area (Å²) in [7, 11) is 0. The Hall–Kier alpha value is -3.61. The molecule has 1 atom stereocenters. The summed E-state index contributed by atoms with van der Waals surface area (Å²) in [5.41, 5.74) is 3.00. The third-order valence-corrected chi connectivity index (χ3v) is 7.83. The maximum atomic E-state index is 13.3. The van der Waals surface area contributed by atoms with Crippen LogP contribution in [-0.4, -0.2) is 39.5 Å². The van der Waals surface area contributed by atoms with Gasteiger partial charge < -0.3 is 15.4 Å². The molecule has 0 saturated heterocycles. The van der Waals surface area contributed by atoms with Crippen LogP contribution in [0.1, 0.15) is 39.7 Å². The fraction of sp³-hybridized carbons (Fsp3) is 0.280. The van der Waals surface area contributed by atoms with E-state index in [1.54, 1.807) is 18.2 Å². The van der Waals surface area contributed by atoms with Crippen LogP contribution in [0.25, 0.3) is 11.3 Å². The van der Waals surface area contributed by atoms with Gasteiger partial charge >= 0.3 is 12.4 Å². The fourth-order valence-corrected chi connectivity index (χ4v) is 5.70. The number of carbonyl (C=O) groups excluding carboxylic acids is 1. The molecule has 1 aromatic heterocycles. The van der Waals surface area contributed by atoms with E-state index in [9.17, 15) is 41.0 Å². The first-order chi connectivity index (χ1) is 17.8. The van der Waals surface area contributed by atoms with Crippen LogP contribution in [0.4, 0.5) is 26.3 Å². The first-order valence-electron chi connectivity index (χ1n) is 11.3. The zero-order valence-corrected chi connectivity index (χ0v) is 20.4. The van der Waals surface area contributed by atoms with Crippen molar-refractivity contribution in [3.05, 3.63) is 80.6 Å². The second-order valence-electron chi connectivity index (χ2n) is 8.96. The van der Waals surface area contributed by atoms with Crippen molar-refractivity contribution >= 4 is 17.7 Å². The molecule has 5 rings (SSSR count). The molecule has 2 N–H and O–H groups in total. The van der Waals surface area contributed by atoms with E-state index in [0.717, 1.165) is 35.4 Å². The second-order valence-corrected chi connectivity index (χ2v) is 9.98. The normalized spacial score (nSPS) is 16.2. The smallest absolute Gasteiger partial charge is 0.416 e. The maximum absolute atomic E-state index is 13.3. The predicted octanol–water partition coefficient (Wildman–Crippen LogP) is 5.34. The lowest BCUT2D eigenvalue weighted by Gasteiger charge is -2.37. The molecule has 2 aliphatic heterocycles. The summed E-state index contributed by atoms with van der Waals surface area (Å²) < 4.78 is 80.8. The highest BCUT2D eigenvalue weighted by Crippen LogP contribution is 2.41. The molecule has 0 bridgehead atoms. The van der Waals surface area contributed by atoms with Crippen LogP contribution in [0.2, 0.25) is 0 Å². The summed E-state index contributed by atoms with van der Waals surface area (Å²) in [6.07, 6.45) is -9.02. The highest BCUT2D eigenvalue weighted by atomic mass is 32.2. The van der Waals surface area contributed by atoms with Crippen molar-refractivity contribution in [1.29, 1.82) is 0 Å². The molecular weight excluding hydrogens is 536 g/mol. The Labute approximate surface area is 215 Å². The lowest BCUT2D eigenvalue weighted by molar-refractivity contribution is -0.172. The zero-order valence-electron chi connectivity index (χ0n) is 19.6. The summed E-state index contributed by atoms with van der Waals surface area (Å²) in [5.74, 6) is -1.84. The number of pyridine rings is 1. The third kappa shape index (κ3) is 4.38. The Kier molecular flexibility index (Phi) is 6.16. The van der Waals surface area contributed by atoms with Gasteiger partial charge in [0.05, 0.1) is 11.3 Å². The van der Waals surface area contributed by atoms with Gasteiger partial charge in [-0.15, -0.1) is 11.8 Å². The first-order valence-corrected chi connectivity index (χ1v) is 12.3. The number of fused-ring (bicyclic) bond motifs is 3. The van der Waals surface area contributed by atoms with Crippen LogP contribution in [0.15, 0.2) is 52.2 Å². The molecule has 6 nitrogen and oxygen atoms in total. The van der Waals surface area contributed by atoms with Crippen LogP contribution < -0.4 is 10.9 Å². The van der Waals surface area contributed by atoms with E-state index in [0.29, 0.717) is 32.2 Å². The number of alkyl halides is 6. The number of halogens is 6. The van der Waals surface area contributed by atoms with Crippen LogP contribution in [0.3, 0.4) is 0 Å². The quantitative estimate of drug-likeness (QED) is 0.418. The number of aromatic nitrogens is 1. The van der Waals surface area contributed by atoms with Crippen LogP contribution in [0.5, 0.6) is 5.75 Å². The average Bonchev–Trinajstić information content (AvgIpc) is 3.03. The number of nitrogens with one attached hydrogen (secondary N) is 1. The van der Waals surface area contributed by atoms with Gasteiger partial charge in [0.2, 0.25) is 5.43 Å². The monoisotopic (exact) mass is 555 g/mol. The van der Waals surface area contributed by atoms with Gasteiger partial charge in [-0.1, -0.05) is 24.3 Å². The molecule has 1 amide bonds. The Morgan fingerprint density at radius 1 is 1.03 bits per heavy atom. The topological polar surface area (TPSA) is 74.6 Å². The standard InChI is InChI=1S/C25H19F6N3O3S/c1-12(24(26,27)28)33-11-32-34-18(9-19(35)22(36)21(34)23(33)37)16-4-2-3-14-10-38-20-8-15(25(29,30)31)6-5-13(20)7-17(14)16/h2-6,8-9,12,32,36H,7,10-11H2,1H3. The van der Waals surface area contributed by atoms with E-state index in [1.165, 1.54) is 17.8 Å². The van der Waals surface area contributed by atoms with E-state index in [4.69, 9.17) is 0 Å². The molecule has 0 spiro atoms. The molecule has 2 aromatic carbocycles. The molecule has 3 aromatic rings. The lowest BCUT2D eigenvalue weighted by atomic mass is 9.93. The number of hydrogen-bond donors (Lipinski definition) is 2. The van der Waals surface area contributed by atoms with Gasteiger partial charge in [-0.05, 0) is 42.2 Å². The number of thioether (sulfide) groups is 1. The van der Waals surface area contributed by atoms with E-state index in [1.807, 2.05) is 0 Å². The molecule has 0 saturated carbocycles. The molecule has 1 unspecified atom stereocenters. The molecular formula is C25H19F6N3O3S. The molecule has 0 radical (unpaired) electrons. The van der Waals surface area contributed by atoms with E-state index in [2.05, 4.69) is 5.43 Å². The van der Waals surface area contributed by atoms with Crippen molar-refractivity contribution in [3.63, 3.8) is 0 Å². The maximum Gasteiger partial charge on any atom is 0.416 e. The van der Waals surface area contributed by atoms with Crippen LogP contribution in [-0.2, 0) is 18.3 Å². The van der Waals surface area contributed by atoms with Crippen molar-refractivity contribution < 1.29 is 36.2 Å². The molecule has 200 valence electrons. The van der Waals surface area contributed by atoms with Crippen molar-refractivity contribution in [3.8, 4) is 17.0 Å². The van der Waals surface area contributed by atoms with Crippen LogP contribution in [0, 0.1) is 0 Å². The summed E-state index contributed by atoms with van der Waals surface area (Å²) in [6, 6.07) is 7.50. The zero-order chi connectivity index (χ0) is 27.6. The van der Waals surface area contributed by atoms with E-state index in [-0.39, 0.29) is 12.1 Å². The molecule has 38 heavy (non-hydrogen) atoms. The fourth-order valence-electron chi connectivity index (χ4n) is 4.58. The number of benzene rings is 2. The summed E-state index contributed by atoms with van der Waals surface area (Å²) in [5, 5.41) is 10.4. The van der Waals surface area contributed by atoms with Gasteiger partial charge in [0.25, 0.3) is 5.91 Å². The highest BCUT2D eigenvalue weighted by Gasteiger charge is 2.45. The van der Waals surface area contributed by atoms with Gasteiger partial charge in [-0.25, -0.2) is 4.68 Å². The van der Waals surface area contributed by atoms with Crippen LogP contribution >= 0.6 is 11.8 Å². The first kappa shape index (κ1) is 26.0. The number of hydrogen-bond acceptors (Lipinski definition) is 5.